The highest BCUT2D eigenvalue weighted by Gasteiger charge is 2.53. The molecule has 1 N–H and O–H groups in total. The van der Waals surface area contributed by atoms with Gasteiger partial charge in [0.15, 0.2) is 0 Å². The second kappa shape index (κ2) is 13.0. The molecule has 0 aromatic carbocycles. The molecule has 4 saturated carbocycles. The van der Waals surface area contributed by atoms with Gasteiger partial charge >= 0.3 is 6.09 Å². The fourth-order valence-electron chi connectivity index (χ4n) is 6.90. The van der Waals surface area contributed by atoms with Gasteiger partial charge in [0.25, 0.3) is 0 Å². The van der Waals surface area contributed by atoms with Crippen LogP contribution in [0, 0.1) is 17.8 Å². The summed E-state index contributed by atoms with van der Waals surface area (Å²) in [4.78, 5) is 12.3. The summed E-state index contributed by atoms with van der Waals surface area (Å²) in [7, 11) is 0. The zero-order valence-corrected chi connectivity index (χ0v) is 19.9. The van der Waals surface area contributed by atoms with E-state index in [1.807, 2.05) is 0 Å². The maximum absolute atomic E-state index is 12.3. The molecule has 3 heteroatoms. The van der Waals surface area contributed by atoms with Crippen LogP contribution in [0.15, 0.2) is 0 Å². The van der Waals surface area contributed by atoms with Crippen molar-refractivity contribution in [3.8, 4) is 0 Å². The smallest absolute Gasteiger partial charge is 0.407 e. The van der Waals surface area contributed by atoms with Crippen molar-refractivity contribution in [2.24, 2.45) is 17.8 Å². The van der Waals surface area contributed by atoms with Crippen molar-refractivity contribution in [2.45, 2.75) is 141 Å². The Morgan fingerprint density at radius 1 is 0.700 bits per heavy atom. The molecule has 3 nitrogen and oxygen atoms in total. The van der Waals surface area contributed by atoms with E-state index in [4.69, 9.17) is 4.74 Å². The van der Waals surface area contributed by atoms with Crippen LogP contribution in [0.5, 0.6) is 0 Å². The second-order valence-electron chi connectivity index (χ2n) is 11.0. The third-order valence-electron chi connectivity index (χ3n) is 8.09. The van der Waals surface area contributed by atoms with Crippen LogP contribution in [0.1, 0.15) is 135 Å². The maximum atomic E-state index is 12.3. The predicted octanol–water partition coefficient (Wildman–Crippen LogP) is 8.16. The minimum Gasteiger partial charge on any atom is -0.443 e. The predicted molar refractivity (Wildman–Crippen MR) is 126 cm³/mol. The molecule has 0 saturated heterocycles. The molecule has 30 heavy (non-hydrogen) atoms. The topological polar surface area (TPSA) is 38.3 Å². The molecule has 4 aliphatic carbocycles. The quantitative estimate of drug-likeness (QED) is 0.256. The first kappa shape index (κ1) is 23.9. The van der Waals surface area contributed by atoms with Gasteiger partial charge in [-0.05, 0) is 62.7 Å². The number of rotatable bonds is 16. The van der Waals surface area contributed by atoms with Crippen LogP contribution in [-0.4, -0.2) is 18.2 Å². The van der Waals surface area contributed by atoms with Gasteiger partial charge in [0.1, 0.15) is 5.60 Å². The van der Waals surface area contributed by atoms with Gasteiger partial charge in [-0.25, -0.2) is 4.79 Å². The fraction of sp³-hybridized carbons (Fsp3) is 0.963. The van der Waals surface area contributed by atoms with E-state index < -0.39 is 0 Å². The Kier molecular flexibility index (Phi) is 10.3. The van der Waals surface area contributed by atoms with Gasteiger partial charge in [0.05, 0.1) is 0 Å². The van der Waals surface area contributed by atoms with Crippen molar-refractivity contribution in [1.82, 2.24) is 5.32 Å². The van der Waals surface area contributed by atoms with Crippen LogP contribution in [0.2, 0.25) is 0 Å². The highest BCUT2D eigenvalue weighted by molar-refractivity contribution is 5.67. The molecule has 0 radical (unpaired) electrons. The number of unbranched alkanes of at least 4 members (excludes halogenated alkanes) is 13. The van der Waals surface area contributed by atoms with Gasteiger partial charge in [-0.15, -0.1) is 0 Å². The minimum absolute atomic E-state index is 0.103. The molecule has 0 heterocycles. The average Bonchev–Trinajstić information content (AvgIpc) is 2.69. The van der Waals surface area contributed by atoms with E-state index in [9.17, 15) is 4.79 Å². The summed E-state index contributed by atoms with van der Waals surface area (Å²) in [5.41, 5.74) is -0.103. The molecule has 4 bridgehead atoms. The van der Waals surface area contributed by atoms with Crippen LogP contribution < -0.4 is 5.32 Å². The lowest BCUT2D eigenvalue weighted by Gasteiger charge is -2.55. The summed E-state index contributed by atoms with van der Waals surface area (Å²) < 4.78 is 6.02. The van der Waals surface area contributed by atoms with Gasteiger partial charge in [0.2, 0.25) is 0 Å². The lowest BCUT2D eigenvalue weighted by Crippen LogP contribution is -2.53. The van der Waals surface area contributed by atoms with E-state index in [0.717, 1.165) is 50.0 Å². The number of alkyl carbamates (subject to hydrolysis) is 1. The summed E-state index contributed by atoms with van der Waals surface area (Å²) in [6, 6.07) is 0. The van der Waals surface area contributed by atoms with Crippen LogP contribution in [0.4, 0.5) is 4.79 Å². The number of hydrogen-bond donors (Lipinski definition) is 1. The molecule has 0 aliphatic heterocycles. The van der Waals surface area contributed by atoms with Crippen molar-refractivity contribution < 1.29 is 9.53 Å². The molecular formula is C27H49NO2. The van der Waals surface area contributed by atoms with Gasteiger partial charge < -0.3 is 10.1 Å². The fourth-order valence-corrected chi connectivity index (χ4v) is 6.90. The summed E-state index contributed by atoms with van der Waals surface area (Å²) in [6.07, 6.45) is 26.6. The van der Waals surface area contributed by atoms with Gasteiger partial charge in [0, 0.05) is 6.54 Å². The molecule has 4 fully saturated rings. The van der Waals surface area contributed by atoms with E-state index in [1.165, 1.54) is 103 Å². The van der Waals surface area contributed by atoms with Crippen LogP contribution >= 0.6 is 0 Å². The van der Waals surface area contributed by atoms with Crippen molar-refractivity contribution in [3.05, 3.63) is 0 Å². The van der Waals surface area contributed by atoms with E-state index >= 15 is 0 Å². The highest BCUT2D eigenvalue weighted by Crippen LogP contribution is 2.57. The van der Waals surface area contributed by atoms with Crippen molar-refractivity contribution in [3.63, 3.8) is 0 Å². The number of amides is 1. The first-order valence-electron chi connectivity index (χ1n) is 13.7. The Hall–Kier alpha value is -0.730. The zero-order chi connectivity index (χ0) is 21.1. The number of ether oxygens (including phenoxy) is 1. The molecule has 4 rings (SSSR count). The SMILES string of the molecule is CCCCCCCCCCCCCCCCNC(=O)OC12CC3CC(CC(C3)C1)C2. The van der Waals surface area contributed by atoms with Crippen molar-refractivity contribution >= 4 is 6.09 Å². The van der Waals surface area contributed by atoms with Gasteiger partial charge in [-0.3, -0.25) is 0 Å². The van der Waals surface area contributed by atoms with Crippen LogP contribution in [-0.2, 0) is 4.74 Å². The number of nitrogens with one attached hydrogen (secondary N) is 1. The van der Waals surface area contributed by atoms with Crippen molar-refractivity contribution in [1.29, 1.82) is 0 Å². The largest absolute Gasteiger partial charge is 0.443 e. The number of carbonyl (C=O) groups excluding carboxylic acids is 1. The Labute approximate surface area is 186 Å². The molecule has 0 aromatic rings. The Balaban J connectivity index is 1.10. The normalized spacial score (nSPS) is 29.3. The molecule has 0 aromatic heterocycles. The summed E-state index contributed by atoms with van der Waals surface area (Å²) >= 11 is 0. The lowest BCUT2D eigenvalue weighted by molar-refractivity contribution is -0.127. The summed E-state index contributed by atoms with van der Waals surface area (Å²) in [5, 5.41) is 3.04. The Morgan fingerprint density at radius 3 is 1.53 bits per heavy atom. The molecular weight excluding hydrogens is 370 g/mol. The number of hydrogen-bond acceptors (Lipinski definition) is 2. The highest BCUT2D eigenvalue weighted by atomic mass is 16.6. The molecule has 0 unspecified atom stereocenters. The zero-order valence-electron chi connectivity index (χ0n) is 19.9. The van der Waals surface area contributed by atoms with Gasteiger partial charge in [-0.1, -0.05) is 90.4 Å². The van der Waals surface area contributed by atoms with Crippen molar-refractivity contribution in [2.75, 3.05) is 6.54 Å². The summed E-state index contributed by atoms with van der Waals surface area (Å²) in [6.45, 7) is 3.07. The van der Waals surface area contributed by atoms with E-state index in [1.54, 1.807) is 0 Å². The van der Waals surface area contributed by atoms with E-state index in [0.29, 0.717) is 0 Å². The summed E-state index contributed by atoms with van der Waals surface area (Å²) in [5.74, 6) is 2.49. The molecule has 174 valence electrons. The Morgan fingerprint density at radius 2 is 1.10 bits per heavy atom. The standard InChI is InChI=1S/C27H49NO2/c1-2-3-4-5-6-7-8-9-10-11-12-13-14-15-16-28-26(29)30-27-20-23-17-24(21-27)19-25(18-23)22-27/h23-25H,2-22H2,1H3,(H,28,29). The first-order valence-corrected chi connectivity index (χ1v) is 13.7. The number of carbonyl (C=O) groups is 1. The second-order valence-corrected chi connectivity index (χ2v) is 11.0. The molecule has 1 amide bonds. The Bertz CT molecular complexity index is 454. The molecule has 0 atom stereocenters. The lowest BCUT2D eigenvalue weighted by atomic mass is 9.54. The van der Waals surface area contributed by atoms with E-state index in [-0.39, 0.29) is 11.7 Å². The third-order valence-corrected chi connectivity index (χ3v) is 8.09. The van der Waals surface area contributed by atoms with Crippen LogP contribution in [0.25, 0.3) is 0 Å². The van der Waals surface area contributed by atoms with Crippen LogP contribution in [0.3, 0.4) is 0 Å². The molecule has 4 aliphatic rings. The first-order chi connectivity index (χ1) is 14.7. The maximum Gasteiger partial charge on any atom is 0.407 e. The monoisotopic (exact) mass is 419 g/mol. The van der Waals surface area contributed by atoms with E-state index in [2.05, 4.69) is 12.2 Å². The average molecular weight is 420 g/mol. The van der Waals surface area contributed by atoms with Gasteiger partial charge in [-0.2, -0.15) is 0 Å². The molecule has 0 spiro atoms. The minimum atomic E-state index is -0.147. The third kappa shape index (κ3) is 8.08.